The molecule has 15 heavy (non-hydrogen) atoms. The molecule has 0 N–H and O–H groups in total. The van der Waals surface area contributed by atoms with Crippen LogP contribution >= 0.6 is 11.6 Å². The maximum Gasteiger partial charge on any atom is 0.169 e. The number of tetrazole rings is 1. The van der Waals surface area contributed by atoms with E-state index in [0.29, 0.717) is 12.0 Å². The SMILES string of the molecule is CC(Cl)c1nnnn1C1CCCCC1C. The Hall–Kier alpha value is -0.640. The van der Waals surface area contributed by atoms with Gasteiger partial charge >= 0.3 is 0 Å². The van der Waals surface area contributed by atoms with Crippen LogP contribution in [0, 0.1) is 5.92 Å². The van der Waals surface area contributed by atoms with Crippen molar-refractivity contribution in [1.82, 2.24) is 20.2 Å². The number of alkyl halides is 1. The lowest BCUT2D eigenvalue weighted by molar-refractivity contribution is 0.232. The lowest BCUT2D eigenvalue weighted by Crippen LogP contribution is -2.24. The van der Waals surface area contributed by atoms with E-state index in [2.05, 4.69) is 22.4 Å². The molecule has 2 rings (SSSR count). The quantitative estimate of drug-likeness (QED) is 0.731. The molecule has 0 saturated heterocycles. The third-order valence-corrected chi connectivity index (χ3v) is 3.45. The van der Waals surface area contributed by atoms with Gasteiger partial charge in [-0.15, -0.1) is 16.7 Å². The topological polar surface area (TPSA) is 43.6 Å². The van der Waals surface area contributed by atoms with E-state index in [-0.39, 0.29) is 5.38 Å². The van der Waals surface area contributed by atoms with Crippen LogP contribution in [0.1, 0.15) is 56.8 Å². The molecule has 1 aliphatic carbocycles. The molecular weight excluding hydrogens is 212 g/mol. The van der Waals surface area contributed by atoms with E-state index < -0.39 is 0 Å². The van der Waals surface area contributed by atoms with Gasteiger partial charge in [-0.05, 0) is 36.1 Å². The number of hydrogen-bond acceptors (Lipinski definition) is 3. The van der Waals surface area contributed by atoms with Gasteiger partial charge in [-0.3, -0.25) is 0 Å². The van der Waals surface area contributed by atoms with E-state index in [1.807, 2.05) is 11.6 Å². The minimum absolute atomic E-state index is 0.117. The second kappa shape index (κ2) is 4.47. The molecule has 84 valence electrons. The summed E-state index contributed by atoms with van der Waals surface area (Å²) >= 11 is 6.05. The van der Waals surface area contributed by atoms with Gasteiger partial charge in [0.2, 0.25) is 0 Å². The van der Waals surface area contributed by atoms with E-state index in [9.17, 15) is 0 Å². The highest BCUT2D eigenvalue weighted by Crippen LogP contribution is 2.34. The third-order valence-electron chi connectivity index (χ3n) is 3.25. The van der Waals surface area contributed by atoms with E-state index in [0.717, 1.165) is 5.82 Å². The highest BCUT2D eigenvalue weighted by atomic mass is 35.5. The van der Waals surface area contributed by atoms with Gasteiger partial charge in [-0.2, -0.15) is 0 Å². The Labute approximate surface area is 95.0 Å². The molecule has 1 aromatic rings. The Bertz CT molecular complexity index is 323. The minimum Gasteiger partial charge on any atom is -0.225 e. The van der Waals surface area contributed by atoms with Crippen molar-refractivity contribution >= 4 is 11.6 Å². The average Bonchev–Trinajstić information content (AvgIpc) is 2.67. The molecule has 0 spiro atoms. The Balaban J connectivity index is 2.23. The van der Waals surface area contributed by atoms with Crippen LogP contribution in [-0.4, -0.2) is 20.2 Å². The van der Waals surface area contributed by atoms with E-state index in [4.69, 9.17) is 11.6 Å². The summed E-state index contributed by atoms with van der Waals surface area (Å²) in [6.07, 6.45) is 5.03. The molecule has 4 nitrogen and oxygen atoms in total. The second-order valence-corrected chi connectivity index (χ2v) is 5.08. The maximum absolute atomic E-state index is 6.05. The summed E-state index contributed by atoms with van der Waals surface area (Å²) in [5, 5.41) is 11.7. The predicted octanol–water partition coefficient (Wildman–Crippen LogP) is 2.72. The monoisotopic (exact) mass is 228 g/mol. The van der Waals surface area contributed by atoms with Gasteiger partial charge in [0, 0.05) is 0 Å². The van der Waals surface area contributed by atoms with Crippen LogP contribution in [0.5, 0.6) is 0 Å². The zero-order valence-electron chi connectivity index (χ0n) is 9.23. The average molecular weight is 229 g/mol. The lowest BCUT2D eigenvalue weighted by Gasteiger charge is -2.29. The fourth-order valence-electron chi connectivity index (χ4n) is 2.36. The lowest BCUT2D eigenvalue weighted by atomic mass is 9.86. The molecule has 1 fully saturated rings. The molecule has 0 aliphatic heterocycles. The predicted molar refractivity (Wildman–Crippen MR) is 58.8 cm³/mol. The van der Waals surface area contributed by atoms with Gasteiger partial charge in [0.25, 0.3) is 0 Å². The Morgan fingerprint density at radius 1 is 1.40 bits per heavy atom. The number of rotatable bonds is 2. The van der Waals surface area contributed by atoms with Crippen LogP contribution in [0.3, 0.4) is 0 Å². The molecule has 1 heterocycles. The molecule has 3 unspecified atom stereocenters. The van der Waals surface area contributed by atoms with Crippen molar-refractivity contribution in [2.75, 3.05) is 0 Å². The first-order chi connectivity index (χ1) is 7.20. The Morgan fingerprint density at radius 2 is 2.13 bits per heavy atom. The van der Waals surface area contributed by atoms with Crippen molar-refractivity contribution in [2.45, 2.75) is 50.9 Å². The van der Waals surface area contributed by atoms with Gasteiger partial charge in [-0.25, -0.2) is 4.68 Å². The van der Waals surface area contributed by atoms with Crippen LogP contribution in [-0.2, 0) is 0 Å². The summed E-state index contributed by atoms with van der Waals surface area (Å²) in [6, 6.07) is 0.435. The van der Waals surface area contributed by atoms with Crippen molar-refractivity contribution in [2.24, 2.45) is 5.92 Å². The second-order valence-electron chi connectivity index (χ2n) is 4.43. The van der Waals surface area contributed by atoms with Crippen molar-refractivity contribution in [3.05, 3.63) is 5.82 Å². The highest BCUT2D eigenvalue weighted by molar-refractivity contribution is 6.20. The van der Waals surface area contributed by atoms with Gasteiger partial charge in [-0.1, -0.05) is 19.8 Å². The summed E-state index contributed by atoms with van der Waals surface area (Å²) in [5.41, 5.74) is 0. The fourth-order valence-corrected chi connectivity index (χ4v) is 2.50. The number of aromatic nitrogens is 4. The Morgan fingerprint density at radius 3 is 2.80 bits per heavy atom. The first-order valence-electron chi connectivity index (χ1n) is 5.62. The fraction of sp³-hybridized carbons (Fsp3) is 0.900. The largest absolute Gasteiger partial charge is 0.225 e. The smallest absolute Gasteiger partial charge is 0.169 e. The van der Waals surface area contributed by atoms with Crippen LogP contribution < -0.4 is 0 Å². The van der Waals surface area contributed by atoms with Gasteiger partial charge < -0.3 is 0 Å². The summed E-state index contributed by atoms with van der Waals surface area (Å²) in [4.78, 5) is 0. The molecule has 1 aliphatic rings. The zero-order valence-corrected chi connectivity index (χ0v) is 9.98. The molecular formula is C10H17ClN4. The Kier molecular flexibility index (Phi) is 3.24. The normalized spacial score (nSPS) is 29.0. The minimum atomic E-state index is -0.117. The van der Waals surface area contributed by atoms with E-state index in [1.54, 1.807) is 0 Å². The maximum atomic E-state index is 6.05. The first kappa shape index (κ1) is 10.9. The molecule has 0 bridgehead atoms. The van der Waals surface area contributed by atoms with Crippen LogP contribution in [0.15, 0.2) is 0 Å². The summed E-state index contributed by atoms with van der Waals surface area (Å²) in [7, 11) is 0. The zero-order chi connectivity index (χ0) is 10.8. The van der Waals surface area contributed by atoms with Gasteiger partial charge in [0.05, 0.1) is 11.4 Å². The van der Waals surface area contributed by atoms with Crippen molar-refractivity contribution < 1.29 is 0 Å². The molecule has 3 atom stereocenters. The van der Waals surface area contributed by atoms with Crippen molar-refractivity contribution in [3.63, 3.8) is 0 Å². The van der Waals surface area contributed by atoms with E-state index >= 15 is 0 Å². The van der Waals surface area contributed by atoms with Crippen LogP contribution in [0.25, 0.3) is 0 Å². The van der Waals surface area contributed by atoms with Crippen LogP contribution in [0.4, 0.5) is 0 Å². The highest BCUT2D eigenvalue weighted by Gasteiger charge is 2.27. The molecule has 5 heteroatoms. The first-order valence-corrected chi connectivity index (χ1v) is 6.05. The number of hydrogen-bond donors (Lipinski definition) is 0. The van der Waals surface area contributed by atoms with Crippen molar-refractivity contribution in [1.29, 1.82) is 0 Å². The molecule has 0 radical (unpaired) electrons. The number of halogens is 1. The third kappa shape index (κ3) is 2.14. The summed E-state index contributed by atoms with van der Waals surface area (Å²) < 4.78 is 1.93. The van der Waals surface area contributed by atoms with Crippen LogP contribution in [0.2, 0.25) is 0 Å². The molecule has 0 amide bonds. The molecule has 1 saturated carbocycles. The van der Waals surface area contributed by atoms with Gasteiger partial charge in [0.15, 0.2) is 5.82 Å². The standard InChI is InChI=1S/C10H17ClN4/c1-7-5-3-4-6-9(7)15-10(8(2)11)12-13-14-15/h7-9H,3-6H2,1-2H3. The van der Waals surface area contributed by atoms with Gasteiger partial charge in [0.1, 0.15) is 0 Å². The molecule has 0 aromatic carbocycles. The molecule has 1 aromatic heterocycles. The van der Waals surface area contributed by atoms with E-state index in [1.165, 1.54) is 25.7 Å². The summed E-state index contributed by atoms with van der Waals surface area (Å²) in [6.45, 7) is 4.19. The van der Waals surface area contributed by atoms with Crippen molar-refractivity contribution in [3.8, 4) is 0 Å². The summed E-state index contributed by atoms with van der Waals surface area (Å²) in [5.74, 6) is 1.45. The number of nitrogens with zero attached hydrogens (tertiary/aromatic N) is 4.